The summed E-state index contributed by atoms with van der Waals surface area (Å²) in [6.07, 6.45) is 13.0. The zero-order chi connectivity index (χ0) is 26.1. The number of hydrogen-bond acceptors (Lipinski definition) is 9. The number of ether oxygens (including phenoxy) is 4. The van der Waals surface area contributed by atoms with Crippen LogP contribution in [-0.2, 0) is 14.2 Å². The lowest BCUT2D eigenvalue weighted by Crippen LogP contribution is -2.42. The lowest BCUT2D eigenvalue weighted by Gasteiger charge is -2.33. The van der Waals surface area contributed by atoms with Crippen molar-refractivity contribution in [3.05, 3.63) is 76.7 Å². The fraction of sp³-hybridized carbons (Fsp3) is 0.407. The van der Waals surface area contributed by atoms with Crippen LogP contribution in [0.15, 0.2) is 71.1 Å². The predicted octanol–water partition coefficient (Wildman–Crippen LogP) is 3.22. The molecular formula is C27H29N5O6. The number of carbonyl (C=O) groups is 1. The molecule has 6 rings (SSSR count). The number of pyridine rings is 1. The molecule has 1 amide bonds. The maximum Gasteiger partial charge on any atom is 0.417 e. The zero-order valence-electron chi connectivity index (χ0n) is 21.1. The number of allylic oxidation sites excluding steroid dienone is 4. The van der Waals surface area contributed by atoms with Gasteiger partial charge < -0.3 is 18.9 Å². The number of cyclic esters (lactones) is 1. The molecule has 0 radical (unpaired) electrons. The molecule has 3 aliphatic heterocycles. The molecule has 2 saturated heterocycles. The fourth-order valence-electron chi connectivity index (χ4n) is 5.29. The van der Waals surface area contributed by atoms with Gasteiger partial charge in [-0.25, -0.2) is 14.7 Å². The quantitative estimate of drug-likeness (QED) is 0.568. The summed E-state index contributed by atoms with van der Waals surface area (Å²) in [5.74, 6) is 1.38. The van der Waals surface area contributed by atoms with Crippen LogP contribution < -0.4 is 10.3 Å². The highest BCUT2D eigenvalue weighted by Crippen LogP contribution is 2.30. The number of methoxy groups -OCH3 is 1. The molecular weight excluding hydrogens is 490 g/mol. The molecule has 38 heavy (non-hydrogen) atoms. The lowest BCUT2D eigenvalue weighted by molar-refractivity contribution is 0.0904. The number of rotatable bonds is 6. The number of piperidine rings is 1. The second-order valence-electron chi connectivity index (χ2n) is 9.65. The topological polar surface area (TPSA) is 108 Å². The first-order valence-corrected chi connectivity index (χ1v) is 12.8. The van der Waals surface area contributed by atoms with E-state index in [9.17, 15) is 9.59 Å². The number of carbonyl (C=O) groups excluding carboxylic acids is 1. The van der Waals surface area contributed by atoms with Crippen LogP contribution in [0.25, 0.3) is 11.2 Å². The van der Waals surface area contributed by atoms with Crippen LogP contribution in [0.2, 0.25) is 0 Å². The van der Waals surface area contributed by atoms with Gasteiger partial charge in [-0.15, -0.1) is 0 Å². The van der Waals surface area contributed by atoms with Gasteiger partial charge in [0.15, 0.2) is 17.7 Å². The van der Waals surface area contributed by atoms with Crippen molar-refractivity contribution >= 4 is 17.3 Å². The van der Waals surface area contributed by atoms with Crippen molar-refractivity contribution < 1.29 is 23.7 Å². The Morgan fingerprint density at radius 3 is 2.82 bits per heavy atom. The third-order valence-electron chi connectivity index (χ3n) is 7.23. The van der Waals surface area contributed by atoms with Gasteiger partial charge in [-0.1, -0.05) is 18.2 Å². The Morgan fingerprint density at radius 2 is 2.03 bits per heavy atom. The Hall–Kier alpha value is -4.12. The van der Waals surface area contributed by atoms with Crippen LogP contribution in [0.5, 0.6) is 5.88 Å². The summed E-state index contributed by atoms with van der Waals surface area (Å²) in [6.45, 7) is 2.49. The lowest BCUT2D eigenvalue weighted by atomic mass is 10.0. The molecule has 198 valence electrons. The van der Waals surface area contributed by atoms with Crippen molar-refractivity contribution in [1.29, 1.82) is 0 Å². The van der Waals surface area contributed by atoms with E-state index in [4.69, 9.17) is 18.9 Å². The van der Waals surface area contributed by atoms with Crippen molar-refractivity contribution in [1.82, 2.24) is 24.3 Å². The van der Waals surface area contributed by atoms with Gasteiger partial charge in [-0.2, -0.15) is 4.98 Å². The maximum absolute atomic E-state index is 12.7. The molecule has 2 aromatic heterocycles. The van der Waals surface area contributed by atoms with E-state index >= 15 is 0 Å². The normalized spacial score (nSPS) is 22.3. The predicted molar refractivity (Wildman–Crippen MR) is 137 cm³/mol. The number of nitrogens with zero attached hydrogens (tertiary/aromatic N) is 5. The maximum atomic E-state index is 12.7. The van der Waals surface area contributed by atoms with Crippen molar-refractivity contribution in [2.24, 2.45) is 0 Å². The molecule has 0 bridgehead atoms. The van der Waals surface area contributed by atoms with Crippen LogP contribution in [0, 0.1) is 0 Å². The van der Waals surface area contributed by atoms with Gasteiger partial charge in [0.25, 0.3) is 5.56 Å². The summed E-state index contributed by atoms with van der Waals surface area (Å²) < 4.78 is 24.1. The van der Waals surface area contributed by atoms with Crippen LogP contribution in [0.3, 0.4) is 0 Å². The fourth-order valence-corrected chi connectivity index (χ4v) is 5.29. The third-order valence-corrected chi connectivity index (χ3v) is 7.23. The van der Waals surface area contributed by atoms with Crippen molar-refractivity contribution in [3.63, 3.8) is 0 Å². The minimum Gasteiger partial charge on any atom is -0.481 e. The summed E-state index contributed by atoms with van der Waals surface area (Å²) in [5.41, 5.74) is 2.05. The molecule has 0 unspecified atom stereocenters. The van der Waals surface area contributed by atoms with Crippen LogP contribution in [0.4, 0.5) is 4.79 Å². The van der Waals surface area contributed by atoms with Gasteiger partial charge in [0.05, 0.1) is 19.9 Å². The van der Waals surface area contributed by atoms with Crippen molar-refractivity contribution in [2.45, 2.75) is 37.8 Å². The molecule has 4 aliphatic rings. The molecule has 1 aliphatic carbocycles. The monoisotopic (exact) mass is 519 g/mol. The molecule has 0 saturated carbocycles. The van der Waals surface area contributed by atoms with Gasteiger partial charge in [0.2, 0.25) is 11.8 Å². The van der Waals surface area contributed by atoms with E-state index in [1.807, 2.05) is 18.2 Å². The molecule has 0 aromatic carbocycles. The number of amides is 1. The first kappa shape index (κ1) is 24.2. The van der Waals surface area contributed by atoms with E-state index in [2.05, 4.69) is 20.9 Å². The summed E-state index contributed by atoms with van der Waals surface area (Å²) in [6, 6.07) is 3.55. The summed E-state index contributed by atoms with van der Waals surface area (Å²) >= 11 is 0. The van der Waals surface area contributed by atoms with Crippen molar-refractivity contribution in [2.75, 3.05) is 33.3 Å². The number of fused-ring (bicyclic) bond motifs is 1. The third kappa shape index (κ3) is 4.76. The second-order valence-corrected chi connectivity index (χ2v) is 9.65. The van der Waals surface area contributed by atoms with Gasteiger partial charge in [0, 0.05) is 31.7 Å². The molecule has 11 nitrogen and oxygen atoms in total. The Balaban J connectivity index is 1.07. The average molecular weight is 520 g/mol. The Morgan fingerprint density at radius 1 is 1.16 bits per heavy atom. The highest BCUT2D eigenvalue weighted by molar-refractivity contribution is 5.72. The van der Waals surface area contributed by atoms with Gasteiger partial charge in [0.1, 0.15) is 17.9 Å². The first-order valence-electron chi connectivity index (χ1n) is 12.8. The first-order chi connectivity index (χ1) is 18.6. The van der Waals surface area contributed by atoms with Crippen LogP contribution >= 0.6 is 0 Å². The summed E-state index contributed by atoms with van der Waals surface area (Å²) in [5, 5.41) is 0. The summed E-state index contributed by atoms with van der Waals surface area (Å²) in [4.78, 5) is 37.9. The SMILES string of the molecule is COc1ccc2ncc(=O)n(C3CCN(C[C@@H]4CN(C5=COC=C(C6=CC=CCC6)O5)C(=O)O4)CC3)c2n1. The molecule has 2 fully saturated rings. The highest BCUT2D eigenvalue weighted by atomic mass is 16.6. The van der Waals surface area contributed by atoms with E-state index in [0.29, 0.717) is 41.8 Å². The molecule has 2 aromatic rings. The highest BCUT2D eigenvalue weighted by Gasteiger charge is 2.38. The molecule has 11 heteroatoms. The van der Waals surface area contributed by atoms with E-state index in [0.717, 1.165) is 44.3 Å². The van der Waals surface area contributed by atoms with Crippen LogP contribution in [0.1, 0.15) is 31.7 Å². The molecule has 5 heterocycles. The zero-order valence-corrected chi connectivity index (χ0v) is 21.1. The van der Waals surface area contributed by atoms with Gasteiger partial charge in [-0.3, -0.25) is 14.3 Å². The smallest absolute Gasteiger partial charge is 0.417 e. The number of aromatic nitrogens is 3. The molecule has 1 atom stereocenters. The molecule has 0 spiro atoms. The number of likely N-dealkylation sites (tertiary alicyclic amines) is 1. The van der Waals surface area contributed by atoms with Gasteiger partial charge in [-0.05, 0) is 37.3 Å². The summed E-state index contributed by atoms with van der Waals surface area (Å²) in [7, 11) is 1.55. The van der Waals surface area contributed by atoms with E-state index in [1.54, 1.807) is 24.0 Å². The van der Waals surface area contributed by atoms with Crippen LogP contribution in [-0.4, -0.2) is 69.8 Å². The second kappa shape index (κ2) is 10.3. The minimum atomic E-state index is -0.451. The van der Waals surface area contributed by atoms with Gasteiger partial charge >= 0.3 is 6.09 Å². The largest absolute Gasteiger partial charge is 0.481 e. The Bertz CT molecular complexity index is 1420. The standard InChI is InChI=1S/C27H29N5O6/c1-35-23-8-7-21-26(29-23)32(24(33)13-28-21)19-9-11-30(12-10-19)14-20-15-31(27(34)37-20)25-17-36-16-22(38-25)18-5-3-2-4-6-18/h2-3,5,7-8,13,16-17,19-20H,4,6,9-12,14-15H2,1H3/t20-/m1/s1. The van der Waals surface area contributed by atoms with E-state index in [-0.39, 0.29) is 17.7 Å². The minimum absolute atomic E-state index is 0.00132. The van der Waals surface area contributed by atoms with E-state index < -0.39 is 6.09 Å². The molecule has 0 N–H and O–H groups in total. The Labute approximate surface area is 219 Å². The average Bonchev–Trinajstić information content (AvgIpc) is 3.33. The Kier molecular flexibility index (Phi) is 6.59. The van der Waals surface area contributed by atoms with E-state index in [1.165, 1.54) is 17.4 Å². The number of hydrogen-bond donors (Lipinski definition) is 0. The van der Waals surface area contributed by atoms with Crippen molar-refractivity contribution in [3.8, 4) is 5.88 Å².